The molecule has 0 amide bonds. The maximum Gasteiger partial charge on any atom is 0.0340 e. The summed E-state index contributed by atoms with van der Waals surface area (Å²) in [4.78, 5) is 4.04. The number of rotatable bonds is 6. The summed E-state index contributed by atoms with van der Waals surface area (Å²) >= 11 is 0. The maximum atomic E-state index is 4.85. The van der Waals surface area contributed by atoms with Gasteiger partial charge in [-0.2, -0.15) is 0 Å². The molecular weight excluding hydrogens is 258 g/mol. The molecule has 0 aliphatic carbocycles. The molecule has 0 saturated carbocycles. The lowest BCUT2D eigenvalue weighted by Crippen LogP contribution is -2.14. The molecule has 0 unspecified atom stereocenters. The average molecular weight is 293 g/mol. The molecule has 0 aromatic carbocycles. The molecule has 3 heteroatoms. The summed E-state index contributed by atoms with van der Waals surface area (Å²) in [6, 6.07) is 4.00. The summed E-state index contributed by atoms with van der Waals surface area (Å²) < 4.78 is 0. The van der Waals surface area contributed by atoms with Crippen LogP contribution in [0.1, 0.15) is 46.1 Å². The van der Waals surface area contributed by atoms with Gasteiger partial charge in [0.1, 0.15) is 0 Å². The first kappa shape index (κ1) is 24.6. The van der Waals surface area contributed by atoms with E-state index in [2.05, 4.69) is 48.6 Å². The van der Waals surface area contributed by atoms with E-state index in [1.165, 1.54) is 12.8 Å². The van der Waals surface area contributed by atoms with E-state index in [0.717, 1.165) is 25.2 Å². The van der Waals surface area contributed by atoms with Gasteiger partial charge in [0.2, 0.25) is 0 Å². The third kappa shape index (κ3) is 24.0. The van der Waals surface area contributed by atoms with Crippen LogP contribution in [0.3, 0.4) is 0 Å². The number of nitrogens with one attached hydrogen (secondary N) is 1. The van der Waals surface area contributed by atoms with Gasteiger partial charge in [-0.25, -0.2) is 0 Å². The summed E-state index contributed by atoms with van der Waals surface area (Å²) in [6.45, 7) is 16.9. The zero-order chi connectivity index (χ0) is 16.8. The van der Waals surface area contributed by atoms with Gasteiger partial charge < -0.3 is 11.1 Å². The van der Waals surface area contributed by atoms with Crippen LogP contribution in [0.25, 0.3) is 6.08 Å². The Kier molecular flexibility index (Phi) is 31.6. The molecule has 122 valence electrons. The van der Waals surface area contributed by atoms with E-state index in [0.29, 0.717) is 0 Å². The Morgan fingerprint density at radius 1 is 1.29 bits per heavy atom. The normalized spacial score (nSPS) is 8.62. The molecule has 1 rings (SSSR count). The van der Waals surface area contributed by atoms with Gasteiger partial charge in [-0.05, 0) is 31.1 Å². The summed E-state index contributed by atoms with van der Waals surface area (Å²) in [5, 5.41) is 3.35. The average Bonchev–Trinajstić information content (AvgIpc) is 2.56. The lowest BCUT2D eigenvalue weighted by Gasteiger charge is -1.98. The van der Waals surface area contributed by atoms with Crippen LogP contribution in [0.5, 0.6) is 0 Å². The van der Waals surface area contributed by atoms with Crippen molar-refractivity contribution in [3.05, 3.63) is 49.3 Å². The molecule has 1 aromatic heterocycles. The SMILES string of the molecule is C=C.CC.CCCCNC/C=C/c1cccnc1.CCN. The van der Waals surface area contributed by atoms with Crippen molar-refractivity contribution in [1.82, 2.24) is 10.3 Å². The van der Waals surface area contributed by atoms with Crippen molar-refractivity contribution in [3.8, 4) is 0 Å². The van der Waals surface area contributed by atoms with Crippen molar-refractivity contribution in [1.29, 1.82) is 0 Å². The molecule has 0 aliphatic heterocycles. The molecule has 0 bridgehead atoms. The van der Waals surface area contributed by atoms with Crippen LogP contribution in [-0.2, 0) is 0 Å². The molecule has 0 fully saturated rings. The summed E-state index contributed by atoms with van der Waals surface area (Å²) in [5.74, 6) is 0. The summed E-state index contributed by atoms with van der Waals surface area (Å²) in [6.07, 6.45) is 10.4. The molecular formula is C18H35N3. The molecule has 0 atom stereocenters. The van der Waals surface area contributed by atoms with Crippen LogP contribution in [0, 0.1) is 0 Å². The number of nitrogens with zero attached hydrogens (tertiary/aromatic N) is 1. The Morgan fingerprint density at radius 2 is 1.90 bits per heavy atom. The topological polar surface area (TPSA) is 50.9 Å². The van der Waals surface area contributed by atoms with E-state index in [1.807, 2.05) is 33.0 Å². The first-order valence-electron chi connectivity index (χ1n) is 7.82. The van der Waals surface area contributed by atoms with E-state index in [1.54, 1.807) is 6.20 Å². The highest BCUT2D eigenvalue weighted by Crippen LogP contribution is 1.97. The van der Waals surface area contributed by atoms with Gasteiger partial charge in [-0.1, -0.05) is 52.3 Å². The molecule has 1 heterocycles. The van der Waals surface area contributed by atoms with E-state index in [-0.39, 0.29) is 0 Å². The van der Waals surface area contributed by atoms with Gasteiger partial charge in [-0.3, -0.25) is 4.98 Å². The van der Waals surface area contributed by atoms with E-state index < -0.39 is 0 Å². The highest BCUT2D eigenvalue weighted by Gasteiger charge is 1.84. The van der Waals surface area contributed by atoms with Crippen molar-refractivity contribution in [2.24, 2.45) is 5.73 Å². The highest BCUT2D eigenvalue weighted by molar-refractivity contribution is 5.47. The number of aromatic nitrogens is 1. The Hall–Kier alpha value is -1.45. The molecule has 21 heavy (non-hydrogen) atoms. The number of hydrogen-bond donors (Lipinski definition) is 2. The first-order valence-corrected chi connectivity index (χ1v) is 7.82. The number of pyridine rings is 1. The quantitative estimate of drug-likeness (QED) is 0.608. The van der Waals surface area contributed by atoms with Crippen molar-refractivity contribution in [2.45, 2.75) is 40.5 Å². The van der Waals surface area contributed by atoms with Gasteiger partial charge in [0.25, 0.3) is 0 Å². The Bertz CT molecular complexity index is 284. The number of hydrogen-bond acceptors (Lipinski definition) is 3. The minimum absolute atomic E-state index is 0.750. The van der Waals surface area contributed by atoms with Crippen LogP contribution in [0.15, 0.2) is 43.8 Å². The monoisotopic (exact) mass is 293 g/mol. The third-order valence-corrected chi connectivity index (χ3v) is 1.96. The van der Waals surface area contributed by atoms with Gasteiger partial charge in [0.05, 0.1) is 0 Å². The summed E-state index contributed by atoms with van der Waals surface area (Å²) in [7, 11) is 0. The fourth-order valence-corrected chi connectivity index (χ4v) is 1.16. The van der Waals surface area contributed by atoms with Crippen molar-refractivity contribution < 1.29 is 0 Å². The van der Waals surface area contributed by atoms with Crippen molar-refractivity contribution in [2.75, 3.05) is 19.6 Å². The largest absolute Gasteiger partial charge is 0.331 e. The lowest BCUT2D eigenvalue weighted by molar-refractivity contribution is 0.682. The standard InChI is InChI=1S/C12H18N2.C2H7N.C2H6.C2H4/c1-2-3-8-13-9-4-6-12-7-5-10-14-11-12;1-2-3;2*1-2/h4-7,10-11,13H,2-3,8-9H2,1H3;2-3H2,1H3;1-2H3;1-2H2/b6-4+;;;. The highest BCUT2D eigenvalue weighted by atomic mass is 14.8. The van der Waals surface area contributed by atoms with Crippen LogP contribution in [0.4, 0.5) is 0 Å². The molecule has 0 aliphatic rings. The Balaban J connectivity index is -0.000000399. The zero-order valence-electron chi connectivity index (χ0n) is 14.4. The van der Waals surface area contributed by atoms with Gasteiger partial charge in [-0.15, -0.1) is 13.2 Å². The smallest absolute Gasteiger partial charge is 0.0340 e. The molecule has 0 saturated heterocycles. The minimum atomic E-state index is 0.750. The molecule has 1 aromatic rings. The van der Waals surface area contributed by atoms with Crippen molar-refractivity contribution >= 4 is 6.08 Å². The second kappa shape index (κ2) is 27.0. The Labute approximate surface area is 132 Å². The fraction of sp³-hybridized carbons (Fsp3) is 0.500. The van der Waals surface area contributed by atoms with Crippen LogP contribution in [-0.4, -0.2) is 24.6 Å². The molecule has 3 nitrogen and oxygen atoms in total. The van der Waals surface area contributed by atoms with Crippen molar-refractivity contribution in [3.63, 3.8) is 0 Å². The predicted octanol–water partition coefficient (Wildman–Crippen LogP) is 4.28. The van der Waals surface area contributed by atoms with Gasteiger partial charge in [0, 0.05) is 18.9 Å². The third-order valence-electron chi connectivity index (χ3n) is 1.96. The fourth-order valence-electron chi connectivity index (χ4n) is 1.16. The van der Waals surface area contributed by atoms with Crippen LogP contribution in [0.2, 0.25) is 0 Å². The van der Waals surface area contributed by atoms with Gasteiger partial charge in [0.15, 0.2) is 0 Å². The lowest BCUT2D eigenvalue weighted by atomic mass is 10.2. The van der Waals surface area contributed by atoms with E-state index in [4.69, 9.17) is 5.73 Å². The predicted molar refractivity (Wildman–Crippen MR) is 98.4 cm³/mol. The van der Waals surface area contributed by atoms with Gasteiger partial charge >= 0.3 is 0 Å². The second-order valence-electron chi connectivity index (χ2n) is 3.65. The number of unbranched alkanes of at least 4 members (excludes halogenated alkanes) is 1. The minimum Gasteiger partial charge on any atom is -0.331 e. The maximum absolute atomic E-state index is 4.85. The first-order chi connectivity index (χ1) is 10.3. The van der Waals surface area contributed by atoms with E-state index in [9.17, 15) is 0 Å². The Morgan fingerprint density at radius 3 is 2.38 bits per heavy atom. The second-order valence-corrected chi connectivity index (χ2v) is 3.65. The van der Waals surface area contributed by atoms with Crippen LogP contribution >= 0.6 is 0 Å². The molecule has 0 radical (unpaired) electrons. The van der Waals surface area contributed by atoms with Crippen LogP contribution < -0.4 is 11.1 Å². The molecule has 3 N–H and O–H groups in total. The number of nitrogens with two attached hydrogens (primary N) is 1. The zero-order valence-corrected chi connectivity index (χ0v) is 14.4. The van der Waals surface area contributed by atoms with E-state index >= 15 is 0 Å². The summed E-state index contributed by atoms with van der Waals surface area (Å²) in [5.41, 5.74) is 6.00. The molecule has 0 spiro atoms.